The summed E-state index contributed by atoms with van der Waals surface area (Å²) in [6.45, 7) is 1.65. The van der Waals surface area contributed by atoms with E-state index < -0.39 is 10.4 Å². The first-order valence-corrected chi connectivity index (χ1v) is 6.56. The third-order valence-corrected chi connectivity index (χ3v) is 2.21. The highest BCUT2D eigenvalue weighted by Gasteiger charge is 2.07. The Bertz CT molecular complexity index is 566. The normalized spacial score (nSPS) is 10.2. The molecule has 0 aliphatic carbocycles. The van der Waals surface area contributed by atoms with Gasteiger partial charge in [-0.05, 0) is 36.8 Å². The summed E-state index contributed by atoms with van der Waals surface area (Å²) in [5, 5.41) is 9.03. The van der Waals surface area contributed by atoms with Gasteiger partial charge in [-0.25, -0.2) is 0 Å². The molecule has 1 aromatic carbocycles. The molecule has 102 valence electrons. The summed E-state index contributed by atoms with van der Waals surface area (Å²) in [6, 6.07) is 9.60. The van der Waals surface area contributed by atoms with Crippen molar-refractivity contribution in [3.8, 4) is 11.5 Å². The Labute approximate surface area is 111 Å². The van der Waals surface area contributed by atoms with Crippen molar-refractivity contribution in [1.82, 2.24) is 4.98 Å². The molecule has 2 N–H and O–H groups in total. The Hall–Kier alpha value is -2.12. The van der Waals surface area contributed by atoms with Gasteiger partial charge in [0, 0.05) is 18.5 Å². The van der Waals surface area contributed by atoms with Gasteiger partial charge < -0.3 is 9.29 Å². The quantitative estimate of drug-likeness (QED) is 0.818. The minimum absolute atomic E-state index is 0.125. The number of hydrogen-bond donors (Lipinski definition) is 2. The van der Waals surface area contributed by atoms with Crippen molar-refractivity contribution < 1.29 is 22.3 Å². The van der Waals surface area contributed by atoms with Crippen LogP contribution in [0.3, 0.4) is 0 Å². The standard InChI is InChI=1S/C7H8O5S.C5H5N/c1-5-2-6(8)4-7(3-5)12-13(9,10)11;1-2-4-6-5-3-1/h2-4,8H,1H3,(H,9,10,11);1-5H. The topological polar surface area (TPSA) is 96.7 Å². The van der Waals surface area contributed by atoms with Crippen LogP contribution in [0.1, 0.15) is 5.56 Å². The van der Waals surface area contributed by atoms with Crippen molar-refractivity contribution in [3.63, 3.8) is 0 Å². The fourth-order valence-electron chi connectivity index (χ4n) is 1.21. The number of rotatable bonds is 2. The summed E-state index contributed by atoms with van der Waals surface area (Å²) < 4.78 is 33.0. The van der Waals surface area contributed by atoms with Crippen LogP contribution in [0.4, 0.5) is 0 Å². The Morgan fingerprint density at radius 1 is 1.11 bits per heavy atom. The van der Waals surface area contributed by atoms with Crippen LogP contribution >= 0.6 is 0 Å². The van der Waals surface area contributed by atoms with Crippen LogP contribution in [-0.2, 0) is 10.4 Å². The molecule has 6 nitrogen and oxygen atoms in total. The summed E-state index contributed by atoms with van der Waals surface area (Å²) in [5.74, 6) is -0.251. The van der Waals surface area contributed by atoms with E-state index in [0.29, 0.717) is 5.56 Å². The van der Waals surface area contributed by atoms with Crippen molar-refractivity contribution >= 4 is 10.4 Å². The van der Waals surface area contributed by atoms with E-state index >= 15 is 0 Å². The van der Waals surface area contributed by atoms with E-state index in [1.807, 2.05) is 18.2 Å². The maximum Gasteiger partial charge on any atom is 0.446 e. The van der Waals surface area contributed by atoms with Gasteiger partial charge in [0.05, 0.1) is 0 Å². The van der Waals surface area contributed by atoms with Crippen molar-refractivity contribution in [2.75, 3.05) is 0 Å². The summed E-state index contributed by atoms with van der Waals surface area (Å²) >= 11 is 0. The van der Waals surface area contributed by atoms with Gasteiger partial charge in [0.2, 0.25) is 0 Å². The summed E-state index contributed by atoms with van der Waals surface area (Å²) in [7, 11) is -4.52. The minimum Gasteiger partial charge on any atom is -0.508 e. The second-order valence-corrected chi connectivity index (χ2v) is 4.56. The van der Waals surface area contributed by atoms with Gasteiger partial charge in [0.15, 0.2) is 0 Å². The molecule has 0 aliphatic rings. The predicted molar refractivity (Wildman–Crippen MR) is 69.3 cm³/mol. The molecule has 2 aromatic rings. The zero-order valence-electron chi connectivity index (χ0n) is 10.1. The predicted octanol–water partition coefficient (Wildman–Crippen LogP) is 1.96. The largest absolute Gasteiger partial charge is 0.508 e. The second kappa shape index (κ2) is 6.72. The highest BCUT2D eigenvalue weighted by atomic mass is 32.3. The van der Waals surface area contributed by atoms with Gasteiger partial charge in [-0.1, -0.05) is 6.07 Å². The van der Waals surface area contributed by atoms with Crippen LogP contribution in [0, 0.1) is 6.92 Å². The summed E-state index contributed by atoms with van der Waals surface area (Å²) in [6.07, 6.45) is 3.50. The average Bonchev–Trinajstić information content (AvgIpc) is 2.28. The van der Waals surface area contributed by atoms with Crippen molar-refractivity contribution in [2.24, 2.45) is 0 Å². The number of aryl methyl sites for hydroxylation is 1. The molecule has 0 amide bonds. The van der Waals surface area contributed by atoms with Crippen LogP contribution in [-0.4, -0.2) is 23.1 Å². The van der Waals surface area contributed by atoms with E-state index in [9.17, 15) is 8.42 Å². The molecule has 0 unspecified atom stereocenters. The molecule has 7 heteroatoms. The third-order valence-electron chi connectivity index (χ3n) is 1.80. The van der Waals surface area contributed by atoms with Crippen LogP contribution in [0.25, 0.3) is 0 Å². The Morgan fingerprint density at radius 2 is 1.74 bits per heavy atom. The van der Waals surface area contributed by atoms with Crippen molar-refractivity contribution in [2.45, 2.75) is 6.92 Å². The molecule has 2 rings (SSSR count). The molecular weight excluding hydrogens is 270 g/mol. The number of phenols is 1. The monoisotopic (exact) mass is 283 g/mol. The van der Waals surface area contributed by atoms with E-state index in [1.54, 1.807) is 19.3 Å². The second-order valence-electron chi connectivity index (χ2n) is 3.54. The fourth-order valence-corrected chi connectivity index (χ4v) is 1.55. The molecule has 1 heterocycles. The first kappa shape index (κ1) is 14.9. The van der Waals surface area contributed by atoms with Crippen LogP contribution in [0.15, 0.2) is 48.8 Å². The fraction of sp³-hybridized carbons (Fsp3) is 0.0833. The third kappa shape index (κ3) is 7.02. The SMILES string of the molecule is Cc1cc(O)cc(OS(=O)(=O)O)c1.c1ccncc1. The average molecular weight is 283 g/mol. The molecule has 0 bridgehead atoms. The molecule has 0 atom stereocenters. The van der Waals surface area contributed by atoms with Crippen LogP contribution < -0.4 is 4.18 Å². The van der Waals surface area contributed by atoms with E-state index in [2.05, 4.69) is 9.17 Å². The molecule has 0 saturated heterocycles. The first-order valence-electron chi connectivity index (χ1n) is 5.19. The highest BCUT2D eigenvalue weighted by molar-refractivity contribution is 7.81. The molecule has 1 aromatic heterocycles. The molecule has 19 heavy (non-hydrogen) atoms. The zero-order valence-corrected chi connectivity index (χ0v) is 10.9. The zero-order chi connectivity index (χ0) is 14.3. The van der Waals surface area contributed by atoms with Gasteiger partial charge >= 0.3 is 10.4 Å². The maximum absolute atomic E-state index is 10.3. The molecule has 0 fully saturated rings. The number of hydrogen-bond acceptors (Lipinski definition) is 5. The lowest BCUT2D eigenvalue weighted by atomic mass is 10.2. The Kier molecular flexibility index (Phi) is 5.28. The number of aromatic nitrogens is 1. The summed E-state index contributed by atoms with van der Waals surface area (Å²) in [5.41, 5.74) is 0.624. The van der Waals surface area contributed by atoms with Gasteiger partial charge in [0.25, 0.3) is 0 Å². The molecule has 0 aliphatic heterocycles. The van der Waals surface area contributed by atoms with Crippen LogP contribution in [0.2, 0.25) is 0 Å². The Balaban J connectivity index is 0.000000250. The van der Waals surface area contributed by atoms with E-state index in [1.165, 1.54) is 12.1 Å². The maximum atomic E-state index is 10.3. The molecule has 0 saturated carbocycles. The molecule has 0 spiro atoms. The van der Waals surface area contributed by atoms with E-state index in [0.717, 1.165) is 6.07 Å². The van der Waals surface area contributed by atoms with Gasteiger partial charge in [-0.15, -0.1) is 0 Å². The lowest BCUT2D eigenvalue weighted by Gasteiger charge is -2.02. The van der Waals surface area contributed by atoms with E-state index in [-0.39, 0.29) is 11.5 Å². The van der Waals surface area contributed by atoms with Crippen molar-refractivity contribution in [3.05, 3.63) is 54.4 Å². The minimum atomic E-state index is -4.52. The van der Waals surface area contributed by atoms with E-state index in [4.69, 9.17) is 9.66 Å². The number of benzene rings is 1. The number of aromatic hydroxyl groups is 1. The smallest absolute Gasteiger partial charge is 0.446 e. The highest BCUT2D eigenvalue weighted by Crippen LogP contribution is 2.21. The van der Waals surface area contributed by atoms with Gasteiger partial charge in [0.1, 0.15) is 11.5 Å². The molecular formula is C12H13NO5S. The summed E-state index contributed by atoms with van der Waals surface area (Å²) in [4.78, 5) is 3.78. The van der Waals surface area contributed by atoms with Gasteiger partial charge in [-0.2, -0.15) is 8.42 Å². The lowest BCUT2D eigenvalue weighted by molar-refractivity contribution is 0.385. The van der Waals surface area contributed by atoms with Crippen LogP contribution in [0.5, 0.6) is 11.5 Å². The lowest BCUT2D eigenvalue weighted by Crippen LogP contribution is -2.06. The number of nitrogens with zero attached hydrogens (tertiary/aromatic N) is 1. The number of pyridine rings is 1. The van der Waals surface area contributed by atoms with Gasteiger partial charge in [-0.3, -0.25) is 9.54 Å². The Morgan fingerprint density at radius 3 is 2.11 bits per heavy atom. The number of phenolic OH excluding ortho intramolecular Hbond substituents is 1. The first-order chi connectivity index (χ1) is 8.87. The van der Waals surface area contributed by atoms with Crippen molar-refractivity contribution in [1.29, 1.82) is 0 Å². The molecule has 0 radical (unpaired) electrons.